The van der Waals surface area contributed by atoms with Crippen molar-refractivity contribution in [1.82, 2.24) is 5.32 Å². The van der Waals surface area contributed by atoms with E-state index in [1.807, 2.05) is 31.2 Å². The molecule has 88 valence electrons. The highest BCUT2D eigenvalue weighted by Crippen LogP contribution is 2.12. The molecule has 0 radical (unpaired) electrons. The van der Waals surface area contributed by atoms with Crippen molar-refractivity contribution in [1.29, 1.82) is 0 Å². The Morgan fingerprint density at radius 2 is 2.06 bits per heavy atom. The number of benzene rings is 1. The molecular weight excluding hydrogens is 222 g/mol. The van der Waals surface area contributed by atoms with Gasteiger partial charge in [-0.1, -0.05) is 35.4 Å². The van der Waals surface area contributed by atoms with Crippen molar-refractivity contribution >= 4 is 17.7 Å². The fourth-order valence-electron chi connectivity index (χ4n) is 1.29. The summed E-state index contributed by atoms with van der Waals surface area (Å²) in [6.45, 7) is 4.96. The third-order valence-electron chi connectivity index (χ3n) is 2.29. The Morgan fingerprint density at radius 3 is 2.62 bits per heavy atom. The molecule has 0 spiro atoms. The zero-order valence-electron chi connectivity index (χ0n) is 9.70. The largest absolute Gasteiger partial charge is 0.395 e. The zero-order chi connectivity index (χ0) is 12.0. The number of hydrogen-bond donors (Lipinski definition) is 2. The second kappa shape index (κ2) is 6.69. The highest BCUT2D eigenvalue weighted by Gasteiger charge is 1.98. The third-order valence-corrected chi connectivity index (χ3v) is 2.54. The lowest BCUT2D eigenvalue weighted by atomic mass is 10.1. The van der Waals surface area contributed by atoms with Crippen LogP contribution in [0.1, 0.15) is 19.4 Å². The van der Waals surface area contributed by atoms with Gasteiger partial charge in [-0.2, -0.15) is 0 Å². The Morgan fingerprint density at radius 1 is 1.44 bits per heavy atom. The Hall–Kier alpha value is -0.830. The Kier molecular flexibility index (Phi) is 5.53. The lowest BCUT2D eigenvalue weighted by Crippen LogP contribution is -2.30. The van der Waals surface area contributed by atoms with Crippen molar-refractivity contribution in [2.45, 2.75) is 19.9 Å². The average molecular weight is 240 g/mol. The molecule has 0 aliphatic rings. The van der Waals surface area contributed by atoms with Gasteiger partial charge in [-0.15, -0.1) is 0 Å². The van der Waals surface area contributed by atoms with Crippen LogP contribution in [0.2, 0.25) is 5.02 Å². The highest BCUT2D eigenvalue weighted by atomic mass is 35.5. The molecule has 1 unspecified atom stereocenters. The summed E-state index contributed by atoms with van der Waals surface area (Å²) in [6.07, 6.45) is 2.10. The standard InChI is InChI=1S/C13H18ClNO/c1-10(8-15-11(2)9-16)7-12-3-5-13(14)6-4-12/h3-7,11,15-16H,8-9H2,1-2H3/b10-7+. The van der Waals surface area contributed by atoms with E-state index in [1.54, 1.807) is 0 Å². The lowest BCUT2D eigenvalue weighted by molar-refractivity contribution is 0.254. The normalized spacial score (nSPS) is 13.9. The van der Waals surface area contributed by atoms with Gasteiger partial charge in [-0.05, 0) is 31.5 Å². The summed E-state index contributed by atoms with van der Waals surface area (Å²) in [5.74, 6) is 0. The smallest absolute Gasteiger partial charge is 0.0582 e. The summed E-state index contributed by atoms with van der Waals surface area (Å²) in [4.78, 5) is 0. The van der Waals surface area contributed by atoms with Gasteiger partial charge in [-0.25, -0.2) is 0 Å². The molecule has 1 rings (SSSR count). The van der Waals surface area contributed by atoms with Crippen LogP contribution in [0.5, 0.6) is 0 Å². The van der Waals surface area contributed by atoms with Crippen molar-refractivity contribution in [3.63, 3.8) is 0 Å². The van der Waals surface area contributed by atoms with Crippen LogP contribution in [0.4, 0.5) is 0 Å². The maximum Gasteiger partial charge on any atom is 0.0582 e. The number of aliphatic hydroxyl groups is 1. The maximum atomic E-state index is 8.87. The van der Waals surface area contributed by atoms with Crippen LogP contribution in [-0.2, 0) is 0 Å². The molecule has 0 saturated heterocycles. The quantitative estimate of drug-likeness (QED) is 0.828. The Balaban J connectivity index is 2.52. The molecule has 1 aromatic rings. The van der Waals surface area contributed by atoms with Crippen LogP contribution in [0, 0.1) is 0 Å². The lowest BCUT2D eigenvalue weighted by Gasteiger charge is -2.10. The Labute approximate surface area is 102 Å². The molecule has 1 atom stereocenters. The number of hydrogen-bond acceptors (Lipinski definition) is 2. The van der Waals surface area contributed by atoms with Gasteiger partial charge < -0.3 is 10.4 Å². The van der Waals surface area contributed by atoms with Crippen LogP contribution in [-0.4, -0.2) is 24.3 Å². The van der Waals surface area contributed by atoms with E-state index < -0.39 is 0 Å². The highest BCUT2D eigenvalue weighted by molar-refractivity contribution is 6.30. The van der Waals surface area contributed by atoms with Gasteiger partial charge in [0.05, 0.1) is 6.61 Å². The summed E-state index contributed by atoms with van der Waals surface area (Å²) in [5, 5.41) is 12.8. The predicted molar refractivity (Wildman–Crippen MR) is 69.7 cm³/mol. The fourth-order valence-corrected chi connectivity index (χ4v) is 1.42. The van der Waals surface area contributed by atoms with Crippen LogP contribution in [0.15, 0.2) is 29.8 Å². The molecule has 0 aliphatic heterocycles. The molecule has 0 aromatic heterocycles. The molecule has 2 nitrogen and oxygen atoms in total. The Bertz CT molecular complexity index is 345. The fraction of sp³-hybridized carbons (Fsp3) is 0.385. The first kappa shape index (κ1) is 13.2. The summed E-state index contributed by atoms with van der Waals surface area (Å²) in [5.41, 5.74) is 2.36. The van der Waals surface area contributed by atoms with Gasteiger partial charge >= 0.3 is 0 Å². The summed E-state index contributed by atoms with van der Waals surface area (Å²) in [6, 6.07) is 7.87. The van der Waals surface area contributed by atoms with Crippen LogP contribution in [0.25, 0.3) is 6.08 Å². The summed E-state index contributed by atoms with van der Waals surface area (Å²) >= 11 is 5.81. The van der Waals surface area contributed by atoms with Gasteiger partial charge in [0.2, 0.25) is 0 Å². The van der Waals surface area contributed by atoms with Gasteiger partial charge in [0.25, 0.3) is 0 Å². The molecule has 0 saturated carbocycles. The minimum atomic E-state index is 0.133. The molecule has 0 heterocycles. The van der Waals surface area contributed by atoms with E-state index >= 15 is 0 Å². The van der Waals surface area contributed by atoms with E-state index in [0.717, 1.165) is 17.1 Å². The second-order valence-corrected chi connectivity index (χ2v) is 4.44. The van der Waals surface area contributed by atoms with E-state index in [0.29, 0.717) is 0 Å². The maximum absolute atomic E-state index is 8.87. The van der Waals surface area contributed by atoms with E-state index in [2.05, 4.69) is 18.3 Å². The minimum Gasteiger partial charge on any atom is -0.395 e. The molecule has 0 amide bonds. The monoisotopic (exact) mass is 239 g/mol. The first-order valence-corrected chi connectivity index (χ1v) is 5.76. The predicted octanol–water partition coefficient (Wildman–Crippen LogP) is 2.71. The van der Waals surface area contributed by atoms with Crippen molar-refractivity contribution in [2.75, 3.05) is 13.2 Å². The van der Waals surface area contributed by atoms with Gasteiger partial charge in [-0.3, -0.25) is 0 Å². The SMILES string of the molecule is C/C(=C\c1ccc(Cl)cc1)CNC(C)CO. The number of rotatable bonds is 5. The second-order valence-electron chi connectivity index (χ2n) is 4.01. The van der Waals surface area contributed by atoms with Crippen LogP contribution in [0.3, 0.4) is 0 Å². The molecule has 3 heteroatoms. The van der Waals surface area contributed by atoms with E-state index in [1.165, 1.54) is 5.57 Å². The first-order chi connectivity index (χ1) is 7.61. The van der Waals surface area contributed by atoms with E-state index in [-0.39, 0.29) is 12.6 Å². The zero-order valence-corrected chi connectivity index (χ0v) is 10.5. The molecular formula is C13H18ClNO. The van der Waals surface area contributed by atoms with Crippen molar-refractivity contribution in [2.24, 2.45) is 0 Å². The topological polar surface area (TPSA) is 32.3 Å². The van der Waals surface area contributed by atoms with Crippen LogP contribution < -0.4 is 5.32 Å². The van der Waals surface area contributed by atoms with Crippen molar-refractivity contribution < 1.29 is 5.11 Å². The summed E-state index contributed by atoms with van der Waals surface area (Å²) < 4.78 is 0. The van der Waals surface area contributed by atoms with Crippen LogP contribution >= 0.6 is 11.6 Å². The molecule has 0 aliphatic carbocycles. The first-order valence-electron chi connectivity index (χ1n) is 5.39. The number of nitrogens with one attached hydrogen (secondary N) is 1. The van der Waals surface area contributed by atoms with E-state index in [9.17, 15) is 0 Å². The van der Waals surface area contributed by atoms with Crippen molar-refractivity contribution in [3.8, 4) is 0 Å². The van der Waals surface area contributed by atoms with Crippen molar-refractivity contribution in [3.05, 3.63) is 40.4 Å². The molecule has 1 aromatic carbocycles. The van der Waals surface area contributed by atoms with Gasteiger partial charge in [0.15, 0.2) is 0 Å². The van der Waals surface area contributed by atoms with Gasteiger partial charge in [0, 0.05) is 17.6 Å². The average Bonchev–Trinajstić information content (AvgIpc) is 2.29. The molecule has 16 heavy (non-hydrogen) atoms. The molecule has 0 fully saturated rings. The van der Waals surface area contributed by atoms with Gasteiger partial charge in [0.1, 0.15) is 0 Å². The molecule has 2 N–H and O–H groups in total. The number of halogens is 1. The minimum absolute atomic E-state index is 0.133. The molecule has 0 bridgehead atoms. The summed E-state index contributed by atoms with van der Waals surface area (Å²) in [7, 11) is 0. The van der Waals surface area contributed by atoms with E-state index in [4.69, 9.17) is 16.7 Å². The number of aliphatic hydroxyl groups excluding tert-OH is 1. The third kappa shape index (κ3) is 4.79.